The molecule has 0 unspecified atom stereocenters. The minimum atomic E-state index is -1.48. The molecule has 2 aromatic rings. The van der Waals surface area contributed by atoms with Gasteiger partial charge < -0.3 is 0 Å². The van der Waals surface area contributed by atoms with Crippen LogP contribution in [-0.4, -0.2) is 31.4 Å². The molecule has 8 nitrogen and oxygen atoms in total. The van der Waals surface area contributed by atoms with E-state index in [4.69, 9.17) is 46.4 Å². The zero-order chi connectivity index (χ0) is 16.6. The summed E-state index contributed by atoms with van der Waals surface area (Å²) < 4.78 is 0.292. The molecule has 0 aliphatic heterocycles. The van der Waals surface area contributed by atoms with Crippen LogP contribution in [0.4, 0.5) is 0 Å². The summed E-state index contributed by atoms with van der Waals surface area (Å²) in [4.78, 5) is 47.4. The van der Waals surface area contributed by atoms with Crippen molar-refractivity contribution in [2.24, 2.45) is 0 Å². The van der Waals surface area contributed by atoms with Gasteiger partial charge in [-0.2, -0.15) is 19.6 Å². The van der Waals surface area contributed by atoms with Gasteiger partial charge in [-0.25, -0.2) is 0 Å². The van der Waals surface area contributed by atoms with Crippen molar-refractivity contribution in [3.05, 3.63) is 53.2 Å². The summed E-state index contributed by atoms with van der Waals surface area (Å²) in [6.45, 7) is 0. The fourth-order valence-corrected chi connectivity index (χ4v) is 1.80. The van der Waals surface area contributed by atoms with E-state index in [1.54, 1.807) is 0 Å². The summed E-state index contributed by atoms with van der Waals surface area (Å²) in [5.41, 5.74) is -2.25. The number of carbonyl (C=O) groups excluding carboxylic acids is 2. The Bertz CT molecular complexity index is 845. The Morgan fingerprint density at radius 1 is 0.773 bits per heavy atom. The fraction of sp³-hybridized carbons (Fsp3) is 0. The lowest BCUT2D eigenvalue weighted by Gasteiger charge is -2.05. The summed E-state index contributed by atoms with van der Waals surface area (Å²) in [6, 6.07) is 0. The predicted molar refractivity (Wildman–Crippen MR) is 78.3 cm³/mol. The first kappa shape index (κ1) is 16.6. The first-order valence-corrected chi connectivity index (χ1v) is 6.72. The highest BCUT2D eigenvalue weighted by Gasteiger charge is 2.25. The van der Waals surface area contributed by atoms with Crippen molar-refractivity contribution in [1.29, 1.82) is 0 Å². The molecule has 12 heteroatoms. The van der Waals surface area contributed by atoms with Crippen molar-refractivity contribution < 1.29 is 9.59 Å². The average Bonchev–Trinajstić information content (AvgIpc) is 2.49. The van der Waals surface area contributed by atoms with E-state index in [0.29, 0.717) is 0 Å². The number of halogens is 4. The molecule has 0 spiro atoms. The third-order valence-corrected chi connectivity index (χ3v) is 3.82. The van der Waals surface area contributed by atoms with Crippen molar-refractivity contribution in [2.45, 2.75) is 0 Å². The molecule has 114 valence electrons. The highest BCUT2D eigenvalue weighted by atomic mass is 35.5. The molecular formula is C10H2Cl4N4O4. The van der Waals surface area contributed by atoms with Gasteiger partial charge in [-0.15, -0.1) is 0 Å². The Morgan fingerprint density at radius 3 is 1.41 bits per heavy atom. The number of hydrogen-bond donors (Lipinski definition) is 0. The van der Waals surface area contributed by atoms with Crippen LogP contribution in [0.2, 0.25) is 20.1 Å². The molecule has 2 aromatic heterocycles. The Balaban J connectivity index is 2.54. The molecule has 0 atom stereocenters. The molecule has 0 bridgehead atoms. The molecule has 0 radical (unpaired) electrons. The van der Waals surface area contributed by atoms with Gasteiger partial charge in [0.2, 0.25) is 0 Å². The molecule has 0 saturated heterocycles. The Kier molecular flexibility index (Phi) is 4.66. The number of rotatable bonds is 0. The topological polar surface area (TPSA) is 104 Å². The van der Waals surface area contributed by atoms with Crippen molar-refractivity contribution >= 4 is 58.2 Å². The maximum Gasteiger partial charge on any atom is 0.342 e. The van der Waals surface area contributed by atoms with Gasteiger partial charge in [0.05, 0.1) is 22.4 Å². The number of carbonyl (C=O) groups is 2. The third kappa shape index (κ3) is 2.78. The molecular weight excluding hydrogens is 382 g/mol. The summed E-state index contributed by atoms with van der Waals surface area (Å²) in [5, 5.41) is 5.32. The van der Waals surface area contributed by atoms with Gasteiger partial charge >= 0.3 is 11.8 Å². The molecule has 0 aromatic carbocycles. The van der Waals surface area contributed by atoms with Crippen LogP contribution in [0.15, 0.2) is 22.0 Å². The lowest BCUT2D eigenvalue weighted by molar-refractivity contribution is 0.0688. The van der Waals surface area contributed by atoms with Crippen LogP contribution < -0.4 is 11.1 Å². The van der Waals surface area contributed by atoms with Crippen LogP contribution in [0.3, 0.4) is 0 Å². The molecule has 0 amide bonds. The minimum absolute atomic E-state index is 0.146. The number of nitrogens with zero attached hydrogens (tertiary/aromatic N) is 4. The van der Waals surface area contributed by atoms with Gasteiger partial charge in [0.25, 0.3) is 11.1 Å². The van der Waals surface area contributed by atoms with Gasteiger partial charge in [-0.3, -0.25) is 19.2 Å². The van der Waals surface area contributed by atoms with E-state index in [1.165, 1.54) is 0 Å². The SMILES string of the molecule is O=C(C(=O)n1ncc(Cl)c(Cl)c1=O)n1ncc(Cl)c(Cl)c1=O. The minimum Gasteiger partial charge on any atom is -0.266 e. The van der Waals surface area contributed by atoms with E-state index in [2.05, 4.69) is 10.2 Å². The van der Waals surface area contributed by atoms with E-state index in [-0.39, 0.29) is 19.4 Å². The van der Waals surface area contributed by atoms with Crippen LogP contribution in [0.25, 0.3) is 0 Å². The van der Waals surface area contributed by atoms with Gasteiger partial charge in [-0.05, 0) is 0 Å². The summed E-state index contributed by atoms with van der Waals surface area (Å²) in [7, 11) is 0. The maximum atomic E-state index is 12.0. The first-order chi connectivity index (χ1) is 10.3. The van der Waals surface area contributed by atoms with E-state index < -0.39 is 33.0 Å². The van der Waals surface area contributed by atoms with Crippen molar-refractivity contribution in [2.75, 3.05) is 0 Å². The maximum absolute atomic E-state index is 12.0. The standard InChI is InChI=1S/C10H2Cl4N4O4/c11-3-1-15-17(7(19)5(3)13)9(21)10(22)18-8(20)6(14)4(12)2-16-18/h1-2H. The van der Waals surface area contributed by atoms with Crippen molar-refractivity contribution in [3.8, 4) is 0 Å². The number of hydrogen-bond acceptors (Lipinski definition) is 6. The van der Waals surface area contributed by atoms with E-state index in [9.17, 15) is 19.2 Å². The highest BCUT2D eigenvalue weighted by molar-refractivity contribution is 6.43. The smallest absolute Gasteiger partial charge is 0.266 e. The van der Waals surface area contributed by atoms with Crippen LogP contribution in [0.5, 0.6) is 0 Å². The van der Waals surface area contributed by atoms with E-state index in [1.807, 2.05) is 0 Å². The summed E-state index contributed by atoms with van der Waals surface area (Å²) in [6.07, 6.45) is 1.78. The molecule has 2 heterocycles. The second-order valence-corrected chi connectivity index (χ2v) is 5.23. The van der Waals surface area contributed by atoms with Crippen molar-refractivity contribution in [1.82, 2.24) is 19.6 Å². The molecule has 0 fully saturated rings. The third-order valence-electron chi connectivity index (χ3n) is 2.32. The molecule has 0 N–H and O–H groups in total. The van der Waals surface area contributed by atoms with Crippen molar-refractivity contribution in [3.63, 3.8) is 0 Å². The average molecular weight is 384 g/mol. The number of aromatic nitrogens is 4. The first-order valence-electron chi connectivity index (χ1n) is 5.21. The Morgan fingerprint density at radius 2 is 1.09 bits per heavy atom. The highest BCUT2D eigenvalue weighted by Crippen LogP contribution is 2.15. The fourth-order valence-electron chi connectivity index (χ4n) is 1.30. The summed E-state index contributed by atoms with van der Waals surface area (Å²) in [5.74, 6) is -2.95. The zero-order valence-corrected chi connectivity index (χ0v) is 13.1. The lowest BCUT2D eigenvalue weighted by atomic mass is 10.5. The second kappa shape index (κ2) is 6.17. The predicted octanol–water partition coefficient (Wildman–Crippen LogP) is 1.39. The van der Waals surface area contributed by atoms with E-state index >= 15 is 0 Å². The molecule has 22 heavy (non-hydrogen) atoms. The largest absolute Gasteiger partial charge is 0.342 e. The molecule has 0 saturated carbocycles. The molecule has 0 aliphatic rings. The zero-order valence-electron chi connectivity index (χ0n) is 10.1. The monoisotopic (exact) mass is 382 g/mol. The van der Waals surface area contributed by atoms with E-state index in [0.717, 1.165) is 12.4 Å². The summed E-state index contributed by atoms with van der Waals surface area (Å²) >= 11 is 22.2. The molecule has 0 aliphatic carbocycles. The second-order valence-electron chi connectivity index (χ2n) is 3.66. The van der Waals surface area contributed by atoms with Gasteiger partial charge in [0.1, 0.15) is 10.0 Å². The normalized spacial score (nSPS) is 10.5. The Hall–Kier alpha value is -1.74. The van der Waals surface area contributed by atoms with Gasteiger partial charge in [-0.1, -0.05) is 46.4 Å². The quantitative estimate of drug-likeness (QED) is 0.636. The van der Waals surface area contributed by atoms with Crippen LogP contribution in [-0.2, 0) is 0 Å². The lowest BCUT2D eigenvalue weighted by Crippen LogP contribution is -2.41. The Labute approximate surface area is 140 Å². The van der Waals surface area contributed by atoms with Crippen LogP contribution >= 0.6 is 46.4 Å². The van der Waals surface area contributed by atoms with Crippen LogP contribution in [0.1, 0.15) is 9.59 Å². The molecule has 2 rings (SSSR count). The van der Waals surface area contributed by atoms with Crippen LogP contribution in [0, 0.1) is 0 Å². The van der Waals surface area contributed by atoms with Gasteiger partial charge in [0.15, 0.2) is 0 Å². The van der Waals surface area contributed by atoms with Gasteiger partial charge in [0, 0.05) is 0 Å².